The summed E-state index contributed by atoms with van der Waals surface area (Å²) >= 11 is 0. The second-order valence-electron chi connectivity index (χ2n) is 7.24. The summed E-state index contributed by atoms with van der Waals surface area (Å²) < 4.78 is 1.58. The zero-order valence-corrected chi connectivity index (χ0v) is 16.2. The molecule has 2 aromatic carbocycles. The summed E-state index contributed by atoms with van der Waals surface area (Å²) in [7, 11) is 0. The van der Waals surface area contributed by atoms with E-state index >= 15 is 0 Å². The summed E-state index contributed by atoms with van der Waals surface area (Å²) in [6.45, 7) is 6.44. The molecule has 3 aromatic rings. The van der Waals surface area contributed by atoms with Crippen LogP contribution in [0, 0.1) is 20.8 Å². The van der Waals surface area contributed by atoms with E-state index in [1.807, 2.05) is 63.2 Å². The van der Waals surface area contributed by atoms with Crippen molar-refractivity contribution in [1.82, 2.24) is 9.78 Å². The lowest BCUT2D eigenvalue weighted by atomic mass is 10.0. The molecule has 2 N–H and O–H groups in total. The number of primary amides is 1. The summed E-state index contributed by atoms with van der Waals surface area (Å²) in [5.41, 5.74) is 11.5. The lowest BCUT2D eigenvalue weighted by Gasteiger charge is -2.29. The van der Waals surface area contributed by atoms with Gasteiger partial charge in [-0.05, 0) is 50.5 Å². The van der Waals surface area contributed by atoms with Crippen LogP contribution < -0.4 is 10.6 Å². The SMILES string of the molecule is Cc1ccc(-n2nc(C(N)=O)c3c2C(=O)N(c2ccccc2C)CC3)c(C)c1. The van der Waals surface area contributed by atoms with E-state index in [4.69, 9.17) is 5.73 Å². The molecule has 2 amide bonds. The molecule has 0 aliphatic carbocycles. The normalized spacial score (nSPS) is 13.5. The highest BCUT2D eigenvalue weighted by molar-refractivity contribution is 6.09. The first kappa shape index (κ1) is 18.0. The third-order valence-electron chi connectivity index (χ3n) is 5.24. The van der Waals surface area contributed by atoms with Gasteiger partial charge in [0.25, 0.3) is 11.8 Å². The van der Waals surface area contributed by atoms with Gasteiger partial charge in [-0.2, -0.15) is 5.10 Å². The molecule has 0 saturated heterocycles. The Morgan fingerprint density at radius 2 is 1.79 bits per heavy atom. The summed E-state index contributed by atoms with van der Waals surface area (Å²) in [5.74, 6) is -0.785. The lowest BCUT2D eigenvalue weighted by molar-refractivity contribution is 0.0972. The molecule has 1 aromatic heterocycles. The van der Waals surface area contributed by atoms with E-state index in [1.54, 1.807) is 9.58 Å². The second kappa shape index (κ2) is 6.64. The molecule has 4 rings (SSSR count). The van der Waals surface area contributed by atoms with Crippen molar-refractivity contribution in [3.8, 4) is 5.69 Å². The lowest BCUT2D eigenvalue weighted by Crippen LogP contribution is -2.39. The molecule has 0 spiro atoms. The molecule has 6 nitrogen and oxygen atoms in total. The average molecular weight is 374 g/mol. The van der Waals surface area contributed by atoms with E-state index in [-0.39, 0.29) is 11.6 Å². The maximum absolute atomic E-state index is 13.5. The minimum absolute atomic E-state index is 0.171. The Labute approximate surface area is 163 Å². The molecule has 0 atom stereocenters. The molecule has 28 heavy (non-hydrogen) atoms. The van der Waals surface area contributed by atoms with E-state index in [1.165, 1.54) is 0 Å². The molecular weight excluding hydrogens is 352 g/mol. The van der Waals surface area contributed by atoms with Gasteiger partial charge in [-0.3, -0.25) is 9.59 Å². The van der Waals surface area contributed by atoms with Crippen LogP contribution in [0.2, 0.25) is 0 Å². The molecule has 1 aliphatic rings. The number of fused-ring (bicyclic) bond motifs is 1. The summed E-state index contributed by atoms with van der Waals surface area (Å²) in [5, 5.41) is 4.45. The number of para-hydroxylation sites is 1. The molecule has 0 bridgehead atoms. The Bertz CT molecular complexity index is 1110. The van der Waals surface area contributed by atoms with Crippen LogP contribution in [-0.4, -0.2) is 28.1 Å². The van der Waals surface area contributed by atoms with Gasteiger partial charge >= 0.3 is 0 Å². The quantitative estimate of drug-likeness (QED) is 0.765. The molecule has 2 heterocycles. The number of benzene rings is 2. The third-order valence-corrected chi connectivity index (χ3v) is 5.24. The van der Waals surface area contributed by atoms with Crippen LogP contribution in [0.25, 0.3) is 5.69 Å². The van der Waals surface area contributed by atoms with Gasteiger partial charge in [-0.1, -0.05) is 35.9 Å². The number of hydrogen-bond acceptors (Lipinski definition) is 3. The van der Waals surface area contributed by atoms with Crippen molar-refractivity contribution in [3.05, 3.63) is 76.1 Å². The van der Waals surface area contributed by atoms with Gasteiger partial charge in [0.2, 0.25) is 0 Å². The first-order valence-electron chi connectivity index (χ1n) is 9.25. The number of nitrogens with two attached hydrogens (primary N) is 1. The van der Waals surface area contributed by atoms with Gasteiger partial charge in [-0.25, -0.2) is 4.68 Å². The zero-order chi connectivity index (χ0) is 20.0. The van der Waals surface area contributed by atoms with Crippen molar-refractivity contribution in [2.24, 2.45) is 5.73 Å². The largest absolute Gasteiger partial charge is 0.364 e. The van der Waals surface area contributed by atoms with Crippen LogP contribution in [0.4, 0.5) is 5.69 Å². The zero-order valence-electron chi connectivity index (χ0n) is 16.2. The number of nitrogens with zero attached hydrogens (tertiary/aromatic N) is 3. The van der Waals surface area contributed by atoms with Crippen LogP contribution in [0.5, 0.6) is 0 Å². The monoisotopic (exact) mass is 374 g/mol. The average Bonchev–Trinajstić information content (AvgIpc) is 3.03. The molecule has 142 valence electrons. The van der Waals surface area contributed by atoms with Crippen molar-refractivity contribution in [3.63, 3.8) is 0 Å². The predicted octanol–water partition coefficient (Wildman–Crippen LogP) is 3.10. The molecular formula is C22H22N4O2. The maximum Gasteiger partial charge on any atom is 0.277 e. The molecule has 0 saturated carbocycles. The van der Waals surface area contributed by atoms with Crippen LogP contribution in [0.3, 0.4) is 0 Å². The van der Waals surface area contributed by atoms with E-state index in [2.05, 4.69) is 5.10 Å². The van der Waals surface area contributed by atoms with E-state index in [0.717, 1.165) is 28.1 Å². The van der Waals surface area contributed by atoms with Crippen molar-refractivity contribution in [2.75, 3.05) is 11.4 Å². The van der Waals surface area contributed by atoms with E-state index in [9.17, 15) is 9.59 Å². The van der Waals surface area contributed by atoms with Gasteiger partial charge in [-0.15, -0.1) is 0 Å². The molecule has 0 radical (unpaired) electrons. The number of carbonyl (C=O) groups is 2. The van der Waals surface area contributed by atoms with Crippen molar-refractivity contribution in [2.45, 2.75) is 27.2 Å². The van der Waals surface area contributed by atoms with Crippen LogP contribution in [-0.2, 0) is 6.42 Å². The Hall–Kier alpha value is -3.41. The van der Waals surface area contributed by atoms with Crippen molar-refractivity contribution >= 4 is 17.5 Å². The van der Waals surface area contributed by atoms with Gasteiger partial charge < -0.3 is 10.6 Å². The van der Waals surface area contributed by atoms with Gasteiger partial charge in [0.1, 0.15) is 5.69 Å². The fraction of sp³-hybridized carbons (Fsp3) is 0.227. The molecule has 0 unspecified atom stereocenters. The second-order valence-corrected chi connectivity index (χ2v) is 7.24. The number of hydrogen-bond donors (Lipinski definition) is 1. The minimum atomic E-state index is -0.614. The third kappa shape index (κ3) is 2.78. The van der Waals surface area contributed by atoms with E-state index in [0.29, 0.717) is 24.2 Å². The number of carbonyl (C=O) groups excluding carboxylic acids is 2. The number of amides is 2. The van der Waals surface area contributed by atoms with Crippen LogP contribution in [0.15, 0.2) is 42.5 Å². The highest BCUT2D eigenvalue weighted by Gasteiger charge is 2.35. The number of aromatic nitrogens is 2. The van der Waals surface area contributed by atoms with Gasteiger partial charge in [0.15, 0.2) is 5.69 Å². The highest BCUT2D eigenvalue weighted by Crippen LogP contribution is 2.31. The first-order valence-corrected chi connectivity index (χ1v) is 9.25. The maximum atomic E-state index is 13.5. The number of aryl methyl sites for hydroxylation is 3. The minimum Gasteiger partial charge on any atom is -0.364 e. The van der Waals surface area contributed by atoms with Gasteiger partial charge in [0, 0.05) is 17.8 Å². The standard InChI is InChI=1S/C22H22N4O2/c1-13-8-9-18(15(3)12-13)26-20-16(19(24-26)21(23)27)10-11-25(22(20)28)17-7-5-4-6-14(17)2/h4-9,12H,10-11H2,1-3H3,(H2,23,27). The Kier molecular flexibility index (Phi) is 4.26. The molecule has 0 fully saturated rings. The molecule has 6 heteroatoms. The first-order chi connectivity index (χ1) is 13.4. The fourth-order valence-electron chi connectivity index (χ4n) is 3.87. The topological polar surface area (TPSA) is 81.2 Å². The summed E-state index contributed by atoms with van der Waals surface area (Å²) in [6, 6.07) is 13.7. The number of anilines is 1. The predicted molar refractivity (Wildman–Crippen MR) is 108 cm³/mol. The van der Waals surface area contributed by atoms with Crippen LogP contribution in [0.1, 0.15) is 43.2 Å². The highest BCUT2D eigenvalue weighted by atomic mass is 16.2. The van der Waals surface area contributed by atoms with E-state index < -0.39 is 5.91 Å². The summed E-state index contributed by atoms with van der Waals surface area (Å²) in [4.78, 5) is 27.2. The number of rotatable bonds is 3. The smallest absolute Gasteiger partial charge is 0.277 e. The van der Waals surface area contributed by atoms with Crippen LogP contribution >= 0.6 is 0 Å². The van der Waals surface area contributed by atoms with Crippen molar-refractivity contribution < 1.29 is 9.59 Å². The van der Waals surface area contributed by atoms with Gasteiger partial charge in [0.05, 0.1) is 5.69 Å². The Morgan fingerprint density at radius 3 is 2.46 bits per heavy atom. The fourth-order valence-corrected chi connectivity index (χ4v) is 3.87. The Balaban J connectivity index is 1.91. The Morgan fingerprint density at radius 1 is 1.04 bits per heavy atom. The van der Waals surface area contributed by atoms with Crippen molar-refractivity contribution in [1.29, 1.82) is 0 Å². The molecule has 1 aliphatic heterocycles. The summed E-state index contributed by atoms with van der Waals surface area (Å²) in [6.07, 6.45) is 0.526.